The fourth-order valence-corrected chi connectivity index (χ4v) is 2.96. The molecule has 0 fully saturated rings. The molecule has 8 nitrogen and oxygen atoms in total. The molecule has 0 saturated carbocycles. The first-order valence-corrected chi connectivity index (χ1v) is 10.9. The van der Waals surface area contributed by atoms with E-state index in [9.17, 15) is 18.0 Å². The van der Waals surface area contributed by atoms with Crippen molar-refractivity contribution < 1.29 is 35.7 Å². The molecule has 2 aromatic rings. The van der Waals surface area contributed by atoms with Gasteiger partial charge in [0, 0.05) is 24.0 Å². The highest BCUT2D eigenvalue weighted by Gasteiger charge is 2.44. The van der Waals surface area contributed by atoms with Gasteiger partial charge in [-0.15, -0.1) is 0 Å². The molecule has 0 spiro atoms. The van der Waals surface area contributed by atoms with Gasteiger partial charge in [0.1, 0.15) is 12.9 Å². The molecule has 31 heavy (non-hydrogen) atoms. The number of benzene rings is 1. The summed E-state index contributed by atoms with van der Waals surface area (Å²) >= 11 is 18.0. The fourth-order valence-electron chi connectivity index (χ4n) is 2.03. The average molecular weight is 527 g/mol. The second-order valence-corrected chi connectivity index (χ2v) is 8.37. The number of nitrogens with zero attached hydrogens (tertiary/aromatic N) is 3. The summed E-state index contributed by atoms with van der Waals surface area (Å²) in [7, 11) is -5.84. The molecule has 174 valence electrons. The molecule has 1 amide bonds. The van der Waals surface area contributed by atoms with E-state index in [1.54, 1.807) is 29.4 Å². The molecule has 1 heterocycles. The smallest absolute Gasteiger partial charge is 0.489 e. The van der Waals surface area contributed by atoms with E-state index >= 15 is 0 Å². The Morgan fingerprint density at radius 3 is 2.19 bits per heavy atom. The molecule has 2 rings (SSSR count). The highest BCUT2D eigenvalue weighted by Crippen LogP contribution is 2.35. The van der Waals surface area contributed by atoms with E-state index in [2.05, 4.69) is 4.98 Å². The number of halogens is 6. The SMILES string of the molecule is CCCN(CCOc1c(Cl)cc(Cl)cc1Cl)C(=O)n1ccnc1.O=S(=O)(O)C(F)(F)F. The highest BCUT2D eigenvalue weighted by atomic mass is 35.5. The summed E-state index contributed by atoms with van der Waals surface area (Å²) in [6.45, 7) is 3.28. The summed E-state index contributed by atoms with van der Waals surface area (Å²) in [5.41, 5.74) is -5.53. The first-order chi connectivity index (χ1) is 14.3. The van der Waals surface area contributed by atoms with E-state index in [-0.39, 0.29) is 12.6 Å². The lowest BCUT2D eigenvalue weighted by Crippen LogP contribution is -2.37. The Morgan fingerprint density at radius 1 is 1.23 bits per heavy atom. The van der Waals surface area contributed by atoms with Gasteiger partial charge in [0.15, 0.2) is 5.75 Å². The summed E-state index contributed by atoms with van der Waals surface area (Å²) in [6, 6.07) is 2.97. The molecule has 0 aliphatic rings. The van der Waals surface area contributed by atoms with E-state index in [0.717, 1.165) is 6.42 Å². The number of imidazole rings is 1. The van der Waals surface area contributed by atoms with Crippen molar-refractivity contribution in [1.29, 1.82) is 0 Å². The van der Waals surface area contributed by atoms with Crippen molar-refractivity contribution in [2.75, 3.05) is 19.7 Å². The highest BCUT2D eigenvalue weighted by molar-refractivity contribution is 7.86. The Morgan fingerprint density at radius 2 is 1.77 bits per heavy atom. The number of hydrogen-bond donors (Lipinski definition) is 1. The normalized spacial score (nSPS) is 11.5. The molecule has 0 unspecified atom stereocenters. The van der Waals surface area contributed by atoms with Crippen molar-refractivity contribution in [3.63, 3.8) is 0 Å². The number of carbonyl (C=O) groups excluding carboxylic acids is 1. The van der Waals surface area contributed by atoms with E-state index < -0.39 is 15.6 Å². The van der Waals surface area contributed by atoms with Gasteiger partial charge in [-0.1, -0.05) is 41.7 Å². The Balaban J connectivity index is 0.000000512. The van der Waals surface area contributed by atoms with Crippen LogP contribution in [0.3, 0.4) is 0 Å². The number of ether oxygens (including phenoxy) is 1. The second kappa shape index (κ2) is 11.8. The van der Waals surface area contributed by atoms with Crippen LogP contribution in [0.5, 0.6) is 5.75 Å². The van der Waals surface area contributed by atoms with E-state index in [4.69, 9.17) is 52.5 Å². The van der Waals surface area contributed by atoms with Gasteiger partial charge in [-0.25, -0.2) is 9.78 Å². The third kappa shape index (κ3) is 8.73. The van der Waals surface area contributed by atoms with Crippen molar-refractivity contribution in [3.8, 4) is 5.75 Å². The molecular formula is C16H17Cl3F3N3O5S. The topological polar surface area (TPSA) is 102 Å². The van der Waals surface area contributed by atoms with Crippen molar-refractivity contribution in [2.45, 2.75) is 18.9 Å². The minimum atomic E-state index is -5.84. The summed E-state index contributed by atoms with van der Waals surface area (Å²) in [5, 5.41) is 1.12. The van der Waals surface area contributed by atoms with Crippen LogP contribution in [0, 0.1) is 0 Å². The van der Waals surface area contributed by atoms with Crippen LogP contribution in [-0.4, -0.2) is 58.7 Å². The molecule has 0 bridgehead atoms. The Labute approximate surface area is 191 Å². The van der Waals surface area contributed by atoms with Crippen LogP contribution in [-0.2, 0) is 10.1 Å². The minimum Gasteiger partial charge on any atom is -0.489 e. The number of hydrogen-bond acceptors (Lipinski definition) is 5. The molecule has 1 aromatic heterocycles. The van der Waals surface area contributed by atoms with Gasteiger partial charge in [0.05, 0.1) is 16.6 Å². The molecular weight excluding hydrogens is 510 g/mol. The minimum absolute atomic E-state index is 0.152. The van der Waals surface area contributed by atoms with Gasteiger partial charge in [-0.2, -0.15) is 21.6 Å². The predicted molar refractivity (Wildman–Crippen MR) is 109 cm³/mol. The van der Waals surface area contributed by atoms with Gasteiger partial charge in [-0.05, 0) is 18.6 Å². The monoisotopic (exact) mass is 525 g/mol. The van der Waals surface area contributed by atoms with Crippen LogP contribution in [0.15, 0.2) is 30.9 Å². The van der Waals surface area contributed by atoms with Crippen molar-refractivity contribution in [2.24, 2.45) is 0 Å². The quantitative estimate of drug-likeness (QED) is 0.420. The van der Waals surface area contributed by atoms with Crippen molar-refractivity contribution in [3.05, 3.63) is 45.9 Å². The summed E-state index contributed by atoms with van der Waals surface area (Å²) in [6.07, 6.45) is 5.48. The second-order valence-electron chi connectivity index (χ2n) is 5.71. The average Bonchev–Trinajstić information content (AvgIpc) is 3.16. The lowest BCUT2D eigenvalue weighted by molar-refractivity contribution is -0.0510. The molecule has 15 heteroatoms. The van der Waals surface area contributed by atoms with E-state index in [1.807, 2.05) is 6.92 Å². The maximum absolute atomic E-state index is 12.3. The number of alkyl halides is 3. The van der Waals surface area contributed by atoms with Crippen LogP contribution < -0.4 is 4.74 Å². The van der Waals surface area contributed by atoms with Gasteiger partial charge < -0.3 is 9.64 Å². The molecule has 0 radical (unpaired) electrons. The maximum Gasteiger partial charge on any atom is 0.522 e. The first kappa shape index (κ1) is 27.3. The molecule has 0 atom stereocenters. The van der Waals surface area contributed by atoms with Crippen LogP contribution in [0.1, 0.15) is 13.3 Å². The van der Waals surface area contributed by atoms with Gasteiger partial charge in [-0.3, -0.25) is 9.12 Å². The zero-order chi connectivity index (χ0) is 23.8. The summed E-state index contributed by atoms with van der Waals surface area (Å²) in [5.74, 6) is 0.365. The van der Waals surface area contributed by atoms with Crippen LogP contribution in [0.2, 0.25) is 15.1 Å². The largest absolute Gasteiger partial charge is 0.522 e. The standard InChI is InChI=1S/C15H16Cl3N3O2.CHF3O3S/c1-2-4-20(15(22)21-5-3-19-10-21)6-7-23-14-12(17)8-11(16)9-13(14)18;2-1(3,4)8(5,6)7/h3,5,8-10H,2,4,6-7H2,1H3;(H,5,6,7). The predicted octanol–water partition coefficient (Wildman–Crippen LogP) is 5.00. The van der Waals surface area contributed by atoms with Crippen molar-refractivity contribution in [1.82, 2.24) is 14.5 Å². The number of amides is 1. The summed E-state index contributed by atoms with van der Waals surface area (Å²) < 4.78 is 64.6. The third-order valence-corrected chi connectivity index (χ3v) is 4.72. The van der Waals surface area contributed by atoms with Crippen molar-refractivity contribution >= 4 is 51.0 Å². The Kier molecular flexibility index (Phi) is 10.4. The molecule has 1 aromatic carbocycles. The van der Waals surface area contributed by atoms with E-state index in [1.165, 1.54) is 10.9 Å². The van der Waals surface area contributed by atoms with Crippen LogP contribution in [0.25, 0.3) is 0 Å². The Hall–Kier alpha value is -1.73. The zero-order valence-corrected chi connectivity index (χ0v) is 18.9. The third-order valence-electron chi connectivity index (χ3n) is 3.35. The van der Waals surface area contributed by atoms with Gasteiger partial charge in [0.25, 0.3) is 0 Å². The Bertz CT molecular complexity index is 950. The molecule has 0 aliphatic carbocycles. The number of aromatic nitrogens is 2. The molecule has 1 N–H and O–H groups in total. The van der Waals surface area contributed by atoms with Gasteiger partial charge >= 0.3 is 21.7 Å². The van der Waals surface area contributed by atoms with Crippen LogP contribution >= 0.6 is 34.8 Å². The van der Waals surface area contributed by atoms with E-state index in [0.29, 0.717) is 33.9 Å². The molecule has 0 aliphatic heterocycles. The number of carbonyl (C=O) groups is 1. The number of rotatable bonds is 6. The maximum atomic E-state index is 12.3. The fraction of sp³-hybridized carbons (Fsp3) is 0.375. The zero-order valence-electron chi connectivity index (χ0n) is 15.8. The lowest BCUT2D eigenvalue weighted by Gasteiger charge is -2.22. The van der Waals surface area contributed by atoms with Crippen LogP contribution in [0.4, 0.5) is 18.0 Å². The molecule has 0 saturated heterocycles. The first-order valence-electron chi connectivity index (χ1n) is 8.36. The lowest BCUT2D eigenvalue weighted by atomic mass is 10.3. The van der Waals surface area contributed by atoms with Gasteiger partial charge in [0.2, 0.25) is 0 Å². The summed E-state index contributed by atoms with van der Waals surface area (Å²) in [4.78, 5) is 17.9.